The Labute approximate surface area is 166 Å². The first-order valence-corrected chi connectivity index (χ1v) is 9.78. The van der Waals surface area contributed by atoms with Gasteiger partial charge in [0.15, 0.2) is 5.16 Å². The third-order valence-corrected chi connectivity index (χ3v) is 5.08. The predicted octanol–water partition coefficient (Wildman–Crippen LogP) is 4.04. The number of benzene rings is 1. The molecule has 0 fully saturated rings. The summed E-state index contributed by atoms with van der Waals surface area (Å²) in [6.07, 6.45) is 0. The quantitative estimate of drug-likeness (QED) is 0.515. The van der Waals surface area contributed by atoms with Crippen LogP contribution >= 0.6 is 11.8 Å². The number of amides is 1. The van der Waals surface area contributed by atoms with Crippen LogP contribution in [0.25, 0.3) is 16.8 Å². The Bertz CT molecular complexity index is 1150. The SMILES string of the molecule is Cc1cc(NC(=O)CSc2nc(-c3ccccc3)c3c(C)cc(C)nn23)on1. The molecule has 0 spiro atoms. The Hall–Kier alpha value is -3.13. The number of aromatic nitrogens is 4. The molecular formula is C20H19N5O2S. The second kappa shape index (κ2) is 7.47. The van der Waals surface area contributed by atoms with Crippen LogP contribution in [0.15, 0.2) is 52.1 Å². The van der Waals surface area contributed by atoms with Crippen molar-refractivity contribution in [2.24, 2.45) is 0 Å². The number of anilines is 1. The first-order valence-electron chi connectivity index (χ1n) is 8.79. The van der Waals surface area contributed by atoms with E-state index in [0.29, 0.717) is 16.7 Å². The van der Waals surface area contributed by atoms with Crippen LogP contribution in [-0.4, -0.2) is 31.4 Å². The number of thioether (sulfide) groups is 1. The van der Waals surface area contributed by atoms with Gasteiger partial charge < -0.3 is 4.52 Å². The maximum absolute atomic E-state index is 12.3. The van der Waals surface area contributed by atoms with E-state index in [4.69, 9.17) is 9.51 Å². The van der Waals surface area contributed by atoms with Gasteiger partial charge in [-0.3, -0.25) is 10.1 Å². The van der Waals surface area contributed by atoms with Crippen LogP contribution < -0.4 is 5.32 Å². The van der Waals surface area contributed by atoms with Crippen molar-refractivity contribution in [3.63, 3.8) is 0 Å². The molecular weight excluding hydrogens is 374 g/mol. The lowest BCUT2D eigenvalue weighted by atomic mass is 10.1. The van der Waals surface area contributed by atoms with Crippen LogP contribution in [0.3, 0.4) is 0 Å². The number of carbonyl (C=O) groups excluding carboxylic acids is 1. The summed E-state index contributed by atoms with van der Waals surface area (Å²) in [5.41, 5.74) is 5.52. The van der Waals surface area contributed by atoms with Gasteiger partial charge in [0.05, 0.1) is 28.4 Å². The fourth-order valence-corrected chi connectivity index (χ4v) is 3.77. The van der Waals surface area contributed by atoms with Crippen molar-refractivity contribution in [3.05, 3.63) is 59.4 Å². The summed E-state index contributed by atoms with van der Waals surface area (Å²) in [6, 6.07) is 13.7. The van der Waals surface area contributed by atoms with Crippen LogP contribution in [0.5, 0.6) is 0 Å². The van der Waals surface area contributed by atoms with Crippen molar-refractivity contribution in [3.8, 4) is 11.3 Å². The topological polar surface area (TPSA) is 85.3 Å². The average Bonchev–Trinajstić information content (AvgIpc) is 3.24. The van der Waals surface area contributed by atoms with E-state index in [2.05, 4.69) is 15.6 Å². The first kappa shape index (κ1) is 18.2. The van der Waals surface area contributed by atoms with E-state index < -0.39 is 0 Å². The normalized spacial score (nSPS) is 11.1. The Morgan fingerprint density at radius 3 is 2.64 bits per heavy atom. The summed E-state index contributed by atoms with van der Waals surface area (Å²) in [5.74, 6) is 0.330. The fourth-order valence-electron chi connectivity index (χ4n) is 3.02. The number of nitrogens with zero attached hydrogens (tertiary/aromatic N) is 4. The van der Waals surface area contributed by atoms with Gasteiger partial charge in [-0.15, -0.1) is 0 Å². The molecule has 3 heterocycles. The van der Waals surface area contributed by atoms with Crippen LogP contribution in [0.2, 0.25) is 0 Å². The van der Waals surface area contributed by atoms with E-state index in [1.54, 1.807) is 13.0 Å². The van der Waals surface area contributed by atoms with E-state index in [-0.39, 0.29) is 11.7 Å². The lowest BCUT2D eigenvalue weighted by molar-refractivity contribution is -0.113. The summed E-state index contributed by atoms with van der Waals surface area (Å²) in [7, 11) is 0. The molecule has 142 valence electrons. The Morgan fingerprint density at radius 2 is 1.93 bits per heavy atom. The van der Waals surface area contributed by atoms with Crippen molar-refractivity contribution in [2.45, 2.75) is 25.9 Å². The summed E-state index contributed by atoms with van der Waals surface area (Å²) >= 11 is 1.33. The second-order valence-electron chi connectivity index (χ2n) is 6.51. The molecule has 7 nitrogen and oxygen atoms in total. The lowest BCUT2D eigenvalue weighted by Crippen LogP contribution is -2.14. The predicted molar refractivity (Wildman–Crippen MR) is 108 cm³/mol. The molecule has 0 aliphatic rings. The number of aryl methyl sites for hydroxylation is 3. The summed E-state index contributed by atoms with van der Waals surface area (Å²) < 4.78 is 6.85. The van der Waals surface area contributed by atoms with Gasteiger partial charge in [-0.25, -0.2) is 9.50 Å². The number of nitrogens with one attached hydrogen (secondary N) is 1. The highest BCUT2D eigenvalue weighted by Crippen LogP contribution is 2.30. The Balaban J connectivity index is 1.64. The zero-order valence-corrected chi connectivity index (χ0v) is 16.6. The van der Waals surface area contributed by atoms with Gasteiger partial charge in [0.25, 0.3) is 0 Å². The van der Waals surface area contributed by atoms with Gasteiger partial charge in [-0.05, 0) is 32.4 Å². The summed E-state index contributed by atoms with van der Waals surface area (Å²) in [5, 5.41) is 11.7. The van der Waals surface area contributed by atoms with Gasteiger partial charge in [0, 0.05) is 11.6 Å². The smallest absolute Gasteiger partial charge is 0.237 e. The van der Waals surface area contributed by atoms with Crippen LogP contribution in [0.4, 0.5) is 5.88 Å². The minimum Gasteiger partial charge on any atom is -0.338 e. The van der Waals surface area contributed by atoms with E-state index in [1.807, 2.05) is 54.8 Å². The number of rotatable bonds is 5. The van der Waals surface area contributed by atoms with Crippen LogP contribution in [0.1, 0.15) is 17.0 Å². The maximum Gasteiger partial charge on any atom is 0.237 e. The molecule has 4 rings (SSSR count). The number of hydrogen-bond donors (Lipinski definition) is 1. The molecule has 0 saturated carbocycles. The second-order valence-corrected chi connectivity index (χ2v) is 7.45. The molecule has 0 radical (unpaired) electrons. The molecule has 0 aliphatic carbocycles. The van der Waals surface area contributed by atoms with Crippen LogP contribution in [-0.2, 0) is 4.79 Å². The summed E-state index contributed by atoms with van der Waals surface area (Å²) in [4.78, 5) is 17.1. The Kier molecular flexibility index (Phi) is 4.87. The van der Waals surface area contributed by atoms with Crippen molar-refractivity contribution in [1.82, 2.24) is 19.8 Å². The maximum atomic E-state index is 12.3. The number of hydrogen-bond acceptors (Lipinski definition) is 6. The van der Waals surface area contributed by atoms with E-state index in [1.165, 1.54) is 11.8 Å². The molecule has 0 unspecified atom stereocenters. The molecule has 1 aromatic carbocycles. The van der Waals surface area contributed by atoms with Gasteiger partial charge in [-0.2, -0.15) is 5.10 Å². The lowest BCUT2D eigenvalue weighted by Gasteiger charge is -2.04. The minimum absolute atomic E-state index is 0.182. The average molecular weight is 393 g/mol. The molecule has 0 saturated heterocycles. The van der Waals surface area contributed by atoms with Crippen molar-refractivity contribution < 1.29 is 9.32 Å². The van der Waals surface area contributed by atoms with Crippen molar-refractivity contribution >= 4 is 29.1 Å². The van der Waals surface area contributed by atoms with E-state index >= 15 is 0 Å². The molecule has 3 aromatic heterocycles. The number of carbonyl (C=O) groups is 1. The van der Waals surface area contributed by atoms with Gasteiger partial charge in [0.2, 0.25) is 11.8 Å². The third-order valence-electron chi connectivity index (χ3n) is 4.15. The van der Waals surface area contributed by atoms with Gasteiger partial charge >= 0.3 is 0 Å². The zero-order chi connectivity index (χ0) is 19.7. The minimum atomic E-state index is -0.191. The highest BCUT2D eigenvalue weighted by atomic mass is 32.2. The third kappa shape index (κ3) is 3.63. The highest BCUT2D eigenvalue weighted by Gasteiger charge is 2.18. The Morgan fingerprint density at radius 1 is 1.14 bits per heavy atom. The molecule has 8 heteroatoms. The fraction of sp³-hybridized carbons (Fsp3) is 0.200. The molecule has 4 aromatic rings. The molecule has 0 aliphatic heterocycles. The van der Waals surface area contributed by atoms with Crippen molar-refractivity contribution in [1.29, 1.82) is 0 Å². The molecule has 1 amide bonds. The molecule has 28 heavy (non-hydrogen) atoms. The van der Waals surface area contributed by atoms with E-state index in [9.17, 15) is 4.79 Å². The highest BCUT2D eigenvalue weighted by molar-refractivity contribution is 7.99. The number of imidazole rings is 1. The monoisotopic (exact) mass is 393 g/mol. The van der Waals surface area contributed by atoms with Crippen molar-refractivity contribution in [2.75, 3.05) is 11.1 Å². The largest absolute Gasteiger partial charge is 0.338 e. The summed E-state index contributed by atoms with van der Waals surface area (Å²) in [6.45, 7) is 5.79. The first-order chi connectivity index (χ1) is 13.5. The van der Waals surface area contributed by atoms with E-state index in [0.717, 1.165) is 28.0 Å². The zero-order valence-electron chi connectivity index (χ0n) is 15.8. The van der Waals surface area contributed by atoms with Gasteiger partial charge in [-0.1, -0.05) is 47.3 Å². The number of fused-ring (bicyclic) bond motifs is 1. The molecule has 1 N–H and O–H groups in total. The standard InChI is InChI=1S/C20H19N5O2S/c1-12-9-13(2)23-25-19(12)18(15-7-5-4-6-8-15)22-20(25)28-11-16(26)21-17-10-14(3)24-27-17/h4-10H,11H2,1-3H3,(H,21,26). The van der Waals surface area contributed by atoms with Gasteiger partial charge in [0.1, 0.15) is 0 Å². The molecule has 0 bridgehead atoms. The molecule has 0 atom stereocenters. The van der Waals surface area contributed by atoms with Crippen LogP contribution in [0, 0.1) is 20.8 Å².